The van der Waals surface area contributed by atoms with Gasteiger partial charge in [-0.2, -0.15) is 0 Å². The lowest BCUT2D eigenvalue weighted by Gasteiger charge is -2.29. The molecule has 0 atom stereocenters. The Kier molecular flexibility index (Phi) is 2.84. The zero-order valence-electron chi connectivity index (χ0n) is 8.76. The number of hydrogen-bond donors (Lipinski definition) is 0. The zero-order valence-corrected chi connectivity index (χ0v) is 11.7. The van der Waals surface area contributed by atoms with Gasteiger partial charge < -0.3 is 0 Å². The fourth-order valence-electron chi connectivity index (χ4n) is 1.89. The van der Waals surface area contributed by atoms with Crippen molar-refractivity contribution in [3.05, 3.63) is 48.5 Å². The first kappa shape index (κ1) is 11.1. The fourth-order valence-corrected chi connectivity index (χ4v) is 3.47. The summed E-state index contributed by atoms with van der Waals surface area (Å²) in [6.45, 7) is 0. The first-order valence-corrected chi connectivity index (χ1v) is 7.02. The van der Waals surface area contributed by atoms with Gasteiger partial charge in [-0.25, -0.2) is 0 Å². The average molecular weight is 353 g/mol. The Morgan fingerprint density at radius 2 is 1.41 bits per heavy atom. The highest BCUT2D eigenvalue weighted by Crippen LogP contribution is 2.48. The van der Waals surface area contributed by atoms with Gasteiger partial charge in [0.2, 0.25) is 0 Å². The topological polar surface area (TPSA) is 20.3 Å². The van der Waals surface area contributed by atoms with Crippen molar-refractivity contribution in [2.24, 2.45) is 0 Å². The van der Waals surface area contributed by atoms with E-state index in [9.17, 15) is 4.79 Å². The van der Waals surface area contributed by atoms with Gasteiger partial charge in [0.15, 0.2) is 0 Å². The van der Waals surface area contributed by atoms with Crippen LogP contribution in [-0.4, -0.2) is 3.91 Å². The third kappa shape index (κ3) is 1.85. The van der Waals surface area contributed by atoms with E-state index in [0.717, 1.165) is 21.2 Å². The van der Waals surface area contributed by atoms with Crippen LogP contribution in [0.5, 0.6) is 0 Å². The third-order valence-corrected chi connectivity index (χ3v) is 4.22. The van der Waals surface area contributed by atoms with Crippen molar-refractivity contribution in [3.63, 3.8) is 0 Å². The Balaban J connectivity index is 2.24. The molecule has 84 valence electrons. The molecule has 2 aromatic carbocycles. The van der Waals surface area contributed by atoms with Gasteiger partial charge in [0, 0.05) is 32.4 Å². The number of fused-ring (bicyclic) bond motifs is 2. The number of hydrogen-bond acceptors (Lipinski definition) is 2. The van der Waals surface area contributed by atoms with Crippen LogP contribution < -0.4 is 4.90 Å². The Labute approximate surface area is 117 Å². The van der Waals surface area contributed by atoms with Crippen molar-refractivity contribution in [1.29, 1.82) is 0 Å². The maximum Gasteiger partial charge on any atom is 0.292 e. The molecular weight excluding hydrogens is 345 g/mol. The molecule has 1 aliphatic heterocycles. The second-order valence-corrected chi connectivity index (χ2v) is 5.63. The van der Waals surface area contributed by atoms with Crippen LogP contribution in [0.25, 0.3) is 0 Å². The van der Waals surface area contributed by atoms with Crippen LogP contribution >= 0.6 is 34.4 Å². The molecule has 0 saturated carbocycles. The number of anilines is 2. The number of benzene rings is 2. The van der Waals surface area contributed by atoms with Crippen LogP contribution in [0.15, 0.2) is 58.3 Å². The van der Waals surface area contributed by atoms with E-state index in [0.29, 0.717) is 0 Å². The number of halogens is 1. The molecule has 3 rings (SSSR count). The molecule has 0 unspecified atom stereocenters. The van der Waals surface area contributed by atoms with Crippen molar-refractivity contribution in [2.75, 3.05) is 4.90 Å². The average Bonchev–Trinajstić information content (AvgIpc) is 2.35. The van der Waals surface area contributed by atoms with Gasteiger partial charge in [-0.1, -0.05) is 36.0 Å². The summed E-state index contributed by atoms with van der Waals surface area (Å²) >= 11 is 3.54. The summed E-state index contributed by atoms with van der Waals surface area (Å²) in [5.74, 6) is 0. The van der Waals surface area contributed by atoms with Crippen molar-refractivity contribution in [3.8, 4) is 0 Å². The predicted octanol–water partition coefficient (Wildman–Crippen LogP) is 4.84. The van der Waals surface area contributed by atoms with Crippen LogP contribution in [-0.2, 0) is 0 Å². The fraction of sp³-hybridized carbons (Fsp3) is 0. The van der Waals surface area contributed by atoms with Crippen LogP contribution in [0, 0.1) is 0 Å². The second-order valence-electron chi connectivity index (χ2n) is 3.63. The summed E-state index contributed by atoms with van der Waals surface area (Å²) in [7, 11) is 0. The third-order valence-electron chi connectivity index (χ3n) is 2.61. The van der Waals surface area contributed by atoms with E-state index in [1.165, 1.54) is 0 Å². The summed E-state index contributed by atoms with van der Waals surface area (Å²) in [5.41, 5.74) is 1.94. The molecule has 0 radical (unpaired) electrons. The van der Waals surface area contributed by atoms with E-state index >= 15 is 0 Å². The van der Waals surface area contributed by atoms with Crippen LogP contribution in [0.3, 0.4) is 0 Å². The molecule has 2 aromatic rings. The van der Waals surface area contributed by atoms with Gasteiger partial charge in [0.1, 0.15) is 0 Å². The second kappa shape index (κ2) is 4.34. The molecule has 0 spiro atoms. The van der Waals surface area contributed by atoms with Gasteiger partial charge in [-0.05, 0) is 24.3 Å². The van der Waals surface area contributed by atoms with E-state index in [-0.39, 0.29) is 3.91 Å². The number of carbonyl (C=O) groups is 1. The molecule has 0 saturated heterocycles. The number of nitrogens with zero attached hydrogens (tertiary/aromatic N) is 1. The number of amides is 1. The lowest BCUT2D eigenvalue weighted by molar-refractivity contribution is 0.269. The Bertz CT molecular complexity index is 554. The highest BCUT2D eigenvalue weighted by molar-refractivity contribution is 14.1. The maximum absolute atomic E-state index is 11.8. The molecule has 0 aliphatic carbocycles. The number of para-hydroxylation sites is 2. The standard InChI is InChI=1S/C13H8INOS/c14-13(16)15-9-5-1-3-7-11(9)17-12-8-4-2-6-10(12)15/h1-8H. The Hall–Kier alpha value is -1.01. The van der Waals surface area contributed by atoms with E-state index in [1.807, 2.05) is 71.1 Å². The summed E-state index contributed by atoms with van der Waals surface area (Å²) in [6.07, 6.45) is 0. The van der Waals surface area contributed by atoms with E-state index in [2.05, 4.69) is 0 Å². The monoisotopic (exact) mass is 353 g/mol. The number of carbonyl (C=O) groups excluding carboxylic acids is 1. The molecule has 0 fully saturated rings. The van der Waals surface area contributed by atoms with Crippen molar-refractivity contribution < 1.29 is 4.79 Å². The maximum atomic E-state index is 11.8. The molecule has 1 aliphatic rings. The number of rotatable bonds is 0. The summed E-state index contributed by atoms with van der Waals surface area (Å²) in [5, 5.41) is 0. The minimum atomic E-state index is 0.0165. The smallest absolute Gasteiger partial charge is 0.270 e. The van der Waals surface area contributed by atoms with Crippen molar-refractivity contribution >= 4 is 49.6 Å². The minimum absolute atomic E-state index is 0.0165. The van der Waals surface area contributed by atoms with E-state index < -0.39 is 0 Å². The van der Waals surface area contributed by atoms with Crippen molar-refractivity contribution in [1.82, 2.24) is 0 Å². The predicted molar refractivity (Wildman–Crippen MR) is 78.6 cm³/mol. The molecule has 0 N–H and O–H groups in total. The summed E-state index contributed by atoms with van der Waals surface area (Å²) in [4.78, 5) is 15.8. The molecule has 17 heavy (non-hydrogen) atoms. The molecular formula is C13H8INOS. The lowest BCUT2D eigenvalue weighted by atomic mass is 10.2. The minimum Gasteiger partial charge on any atom is -0.270 e. The highest BCUT2D eigenvalue weighted by atomic mass is 127. The lowest BCUT2D eigenvalue weighted by Crippen LogP contribution is -2.22. The highest BCUT2D eigenvalue weighted by Gasteiger charge is 2.25. The van der Waals surface area contributed by atoms with Gasteiger partial charge in [0.25, 0.3) is 3.91 Å². The van der Waals surface area contributed by atoms with Gasteiger partial charge >= 0.3 is 0 Å². The molecule has 0 aromatic heterocycles. The molecule has 0 bridgehead atoms. The molecule has 1 amide bonds. The first-order chi connectivity index (χ1) is 8.27. The Morgan fingerprint density at radius 3 is 1.88 bits per heavy atom. The van der Waals surface area contributed by atoms with E-state index in [1.54, 1.807) is 16.7 Å². The van der Waals surface area contributed by atoms with Gasteiger partial charge in [-0.3, -0.25) is 9.69 Å². The van der Waals surface area contributed by atoms with Crippen LogP contribution in [0.2, 0.25) is 0 Å². The molecule has 4 heteroatoms. The first-order valence-electron chi connectivity index (χ1n) is 5.13. The SMILES string of the molecule is O=C(I)N1c2ccccc2Sc2ccccc21. The zero-order chi connectivity index (χ0) is 11.8. The van der Waals surface area contributed by atoms with Gasteiger partial charge in [0.05, 0.1) is 11.4 Å². The summed E-state index contributed by atoms with van der Waals surface area (Å²) in [6, 6.07) is 16.0. The van der Waals surface area contributed by atoms with E-state index in [4.69, 9.17) is 0 Å². The molecule has 2 nitrogen and oxygen atoms in total. The van der Waals surface area contributed by atoms with Gasteiger partial charge in [-0.15, -0.1) is 0 Å². The molecule has 1 heterocycles. The summed E-state index contributed by atoms with van der Waals surface area (Å²) < 4.78 is 0.0165. The quantitative estimate of drug-likeness (QED) is 0.384. The van der Waals surface area contributed by atoms with Crippen LogP contribution in [0.4, 0.5) is 16.2 Å². The normalized spacial score (nSPS) is 12.9. The van der Waals surface area contributed by atoms with Crippen molar-refractivity contribution in [2.45, 2.75) is 9.79 Å². The largest absolute Gasteiger partial charge is 0.292 e. The van der Waals surface area contributed by atoms with Crippen LogP contribution in [0.1, 0.15) is 0 Å². The Morgan fingerprint density at radius 1 is 0.941 bits per heavy atom.